The third-order valence-electron chi connectivity index (χ3n) is 1.70. The summed E-state index contributed by atoms with van der Waals surface area (Å²) in [5, 5.41) is 0. The third-order valence-corrected chi connectivity index (χ3v) is 1.70. The number of nitrogens with zero attached hydrogens (tertiary/aromatic N) is 1. The van der Waals surface area contributed by atoms with E-state index in [1.165, 1.54) is 12.0 Å². The highest BCUT2D eigenvalue weighted by atomic mass is 14.6. The summed E-state index contributed by atoms with van der Waals surface area (Å²) in [4.78, 5) is 3.95. The molecule has 0 saturated carbocycles. The number of allylic oxidation sites excluding steroid dienone is 1. The molecule has 0 amide bonds. The fourth-order valence-corrected chi connectivity index (χ4v) is 1.03. The van der Waals surface area contributed by atoms with E-state index in [2.05, 4.69) is 18.0 Å². The zero-order valence-electron chi connectivity index (χ0n) is 7.24. The SMILES string of the molecule is C=CCCC[CH]c1ccncc1. The maximum absolute atomic E-state index is 3.95. The zero-order valence-corrected chi connectivity index (χ0v) is 7.24. The molecule has 1 rings (SSSR count). The molecule has 63 valence electrons. The highest BCUT2D eigenvalue weighted by Crippen LogP contribution is 2.07. The summed E-state index contributed by atoms with van der Waals surface area (Å²) in [6.07, 6.45) is 11.2. The number of unbranched alkanes of at least 4 members (excludes halogenated alkanes) is 2. The Bertz CT molecular complexity index is 216. The van der Waals surface area contributed by atoms with Crippen LogP contribution in [0.15, 0.2) is 37.2 Å². The van der Waals surface area contributed by atoms with Gasteiger partial charge in [0.15, 0.2) is 0 Å². The zero-order chi connectivity index (χ0) is 8.65. The van der Waals surface area contributed by atoms with Gasteiger partial charge in [0.2, 0.25) is 0 Å². The van der Waals surface area contributed by atoms with Crippen molar-refractivity contribution in [3.8, 4) is 0 Å². The fraction of sp³-hybridized carbons (Fsp3) is 0.273. The van der Waals surface area contributed by atoms with Gasteiger partial charge in [0.05, 0.1) is 0 Å². The number of aromatic nitrogens is 1. The highest BCUT2D eigenvalue weighted by molar-refractivity contribution is 5.18. The molecule has 0 aliphatic rings. The van der Waals surface area contributed by atoms with Crippen molar-refractivity contribution in [3.05, 3.63) is 49.2 Å². The number of hydrogen-bond donors (Lipinski definition) is 0. The Labute approximate surface area is 74.2 Å². The Morgan fingerprint density at radius 1 is 1.25 bits per heavy atom. The Kier molecular flexibility index (Phi) is 4.14. The summed E-state index contributed by atoms with van der Waals surface area (Å²) in [5.74, 6) is 0. The molecule has 0 bridgehead atoms. The second kappa shape index (κ2) is 5.53. The van der Waals surface area contributed by atoms with Gasteiger partial charge in [-0.3, -0.25) is 4.98 Å². The topological polar surface area (TPSA) is 12.9 Å². The van der Waals surface area contributed by atoms with Gasteiger partial charge in [-0.25, -0.2) is 0 Å². The molecule has 0 spiro atoms. The molecule has 0 saturated heterocycles. The van der Waals surface area contributed by atoms with Gasteiger partial charge in [0.1, 0.15) is 0 Å². The summed E-state index contributed by atoms with van der Waals surface area (Å²) >= 11 is 0. The molecule has 1 heterocycles. The van der Waals surface area contributed by atoms with E-state index >= 15 is 0 Å². The average Bonchev–Trinajstić information content (AvgIpc) is 2.14. The molecule has 0 N–H and O–H groups in total. The molecular formula is C11H14N. The van der Waals surface area contributed by atoms with E-state index in [1.54, 1.807) is 0 Å². The lowest BCUT2D eigenvalue weighted by molar-refractivity contribution is 0.838. The van der Waals surface area contributed by atoms with Crippen molar-refractivity contribution in [2.45, 2.75) is 19.3 Å². The first-order valence-corrected chi connectivity index (χ1v) is 4.27. The van der Waals surface area contributed by atoms with E-state index in [0.29, 0.717) is 0 Å². The molecule has 1 heteroatoms. The normalized spacial score (nSPS) is 9.67. The van der Waals surface area contributed by atoms with Crippen molar-refractivity contribution in [3.63, 3.8) is 0 Å². The van der Waals surface area contributed by atoms with Gasteiger partial charge in [-0.2, -0.15) is 0 Å². The summed E-state index contributed by atoms with van der Waals surface area (Å²) in [6, 6.07) is 4.04. The Morgan fingerprint density at radius 2 is 2.00 bits per heavy atom. The number of pyridine rings is 1. The smallest absolute Gasteiger partial charge is 0.0270 e. The maximum Gasteiger partial charge on any atom is 0.0270 e. The molecule has 0 aliphatic carbocycles. The van der Waals surface area contributed by atoms with E-state index in [9.17, 15) is 0 Å². The van der Waals surface area contributed by atoms with Crippen LogP contribution in [0.4, 0.5) is 0 Å². The van der Waals surface area contributed by atoms with E-state index in [4.69, 9.17) is 0 Å². The van der Waals surface area contributed by atoms with Crippen molar-refractivity contribution >= 4 is 0 Å². The van der Waals surface area contributed by atoms with E-state index in [-0.39, 0.29) is 0 Å². The first kappa shape index (κ1) is 8.98. The van der Waals surface area contributed by atoms with Crippen LogP contribution in [0.5, 0.6) is 0 Å². The van der Waals surface area contributed by atoms with Crippen LogP contribution in [0, 0.1) is 6.42 Å². The summed E-state index contributed by atoms with van der Waals surface area (Å²) in [6.45, 7) is 3.68. The van der Waals surface area contributed by atoms with Gasteiger partial charge in [-0.05, 0) is 43.4 Å². The summed E-state index contributed by atoms with van der Waals surface area (Å²) in [5.41, 5.74) is 1.26. The Morgan fingerprint density at radius 3 is 2.67 bits per heavy atom. The molecule has 1 aromatic rings. The summed E-state index contributed by atoms with van der Waals surface area (Å²) in [7, 11) is 0. The largest absolute Gasteiger partial charge is 0.265 e. The van der Waals surface area contributed by atoms with Gasteiger partial charge in [0, 0.05) is 12.4 Å². The molecule has 1 nitrogen and oxygen atoms in total. The third kappa shape index (κ3) is 3.33. The lowest BCUT2D eigenvalue weighted by atomic mass is 10.1. The van der Waals surface area contributed by atoms with Crippen molar-refractivity contribution in [2.24, 2.45) is 0 Å². The molecule has 0 unspecified atom stereocenters. The molecule has 0 fully saturated rings. The molecule has 1 aromatic heterocycles. The van der Waals surface area contributed by atoms with Crippen LogP contribution in [0.2, 0.25) is 0 Å². The minimum absolute atomic E-state index is 1.10. The van der Waals surface area contributed by atoms with Crippen LogP contribution >= 0.6 is 0 Å². The predicted molar refractivity (Wildman–Crippen MR) is 51.7 cm³/mol. The van der Waals surface area contributed by atoms with Crippen LogP contribution in [-0.2, 0) is 0 Å². The lowest BCUT2D eigenvalue weighted by Gasteiger charge is -1.97. The quantitative estimate of drug-likeness (QED) is 0.476. The predicted octanol–water partition coefficient (Wildman–Crippen LogP) is 2.99. The van der Waals surface area contributed by atoms with Crippen molar-refractivity contribution < 1.29 is 0 Å². The van der Waals surface area contributed by atoms with Gasteiger partial charge in [0.25, 0.3) is 0 Å². The summed E-state index contributed by atoms with van der Waals surface area (Å²) < 4.78 is 0. The minimum atomic E-state index is 1.10. The van der Waals surface area contributed by atoms with Gasteiger partial charge in [-0.1, -0.05) is 6.08 Å². The Hall–Kier alpha value is -1.11. The number of rotatable bonds is 5. The first-order chi connectivity index (χ1) is 5.93. The van der Waals surface area contributed by atoms with Crippen LogP contribution < -0.4 is 0 Å². The second-order valence-electron chi connectivity index (χ2n) is 2.70. The van der Waals surface area contributed by atoms with Crippen LogP contribution in [0.3, 0.4) is 0 Å². The molecule has 0 aromatic carbocycles. The number of hydrogen-bond acceptors (Lipinski definition) is 1. The van der Waals surface area contributed by atoms with E-state index < -0.39 is 0 Å². The minimum Gasteiger partial charge on any atom is -0.265 e. The van der Waals surface area contributed by atoms with Crippen molar-refractivity contribution in [2.75, 3.05) is 0 Å². The molecular weight excluding hydrogens is 146 g/mol. The van der Waals surface area contributed by atoms with Crippen LogP contribution in [-0.4, -0.2) is 4.98 Å². The van der Waals surface area contributed by atoms with Crippen molar-refractivity contribution in [1.29, 1.82) is 0 Å². The molecule has 0 aliphatic heterocycles. The Balaban J connectivity index is 2.20. The van der Waals surface area contributed by atoms with E-state index in [0.717, 1.165) is 12.8 Å². The monoisotopic (exact) mass is 160 g/mol. The molecule has 0 atom stereocenters. The second-order valence-corrected chi connectivity index (χ2v) is 2.70. The molecule has 12 heavy (non-hydrogen) atoms. The fourth-order valence-electron chi connectivity index (χ4n) is 1.03. The highest BCUT2D eigenvalue weighted by Gasteiger charge is 1.90. The van der Waals surface area contributed by atoms with Crippen molar-refractivity contribution in [1.82, 2.24) is 4.98 Å². The van der Waals surface area contributed by atoms with E-state index in [1.807, 2.05) is 30.6 Å². The van der Waals surface area contributed by atoms with Crippen LogP contribution in [0.25, 0.3) is 0 Å². The maximum atomic E-state index is 3.95. The van der Waals surface area contributed by atoms with Gasteiger partial charge >= 0.3 is 0 Å². The average molecular weight is 160 g/mol. The standard InChI is InChI=1S/C11H14N/c1-2-3-4-5-6-11-7-9-12-10-8-11/h2,6-10H,1,3-5H2. The van der Waals surface area contributed by atoms with Gasteiger partial charge in [-0.15, -0.1) is 6.58 Å². The first-order valence-electron chi connectivity index (χ1n) is 4.27. The van der Waals surface area contributed by atoms with Gasteiger partial charge < -0.3 is 0 Å². The van der Waals surface area contributed by atoms with Crippen LogP contribution in [0.1, 0.15) is 24.8 Å². The molecule has 1 radical (unpaired) electrons. The lowest BCUT2D eigenvalue weighted by Crippen LogP contribution is -1.82.